The molecule has 0 saturated carbocycles. The van der Waals surface area contributed by atoms with Gasteiger partial charge in [0.1, 0.15) is 18.0 Å². The van der Waals surface area contributed by atoms with Crippen LogP contribution in [-0.2, 0) is 13.1 Å². The molecule has 1 atom stereocenters. The van der Waals surface area contributed by atoms with E-state index in [9.17, 15) is 17.6 Å². The summed E-state index contributed by atoms with van der Waals surface area (Å²) >= 11 is 0. The SMILES string of the molecule is Cc1noc(C)c1-c1cnc2c(-c3cnn(CC(F)(F)F)c3)cn(CC3(F)CC=C(F)CC3)c2c1. The van der Waals surface area contributed by atoms with Crippen LogP contribution < -0.4 is 0 Å². The number of halogens is 5. The first-order valence-electron chi connectivity index (χ1n) is 11.1. The second-order valence-corrected chi connectivity index (χ2v) is 9.01. The van der Waals surface area contributed by atoms with Gasteiger partial charge >= 0.3 is 6.18 Å². The first kappa shape index (κ1) is 23.3. The molecule has 0 aliphatic heterocycles. The van der Waals surface area contributed by atoms with E-state index < -0.39 is 18.4 Å². The van der Waals surface area contributed by atoms with Crippen LogP contribution in [0.3, 0.4) is 0 Å². The molecule has 6 nitrogen and oxygen atoms in total. The molecule has 0 spiro atoms. The van der Waals surface area contributed by atoms with Gasteiger partial charge in [-0.15, -0.1) is 0 Å². The van der Waals surface area contributed by atoms with Crippen LogP contribution in [0.1, 0.15) is 30.7 Å². The minimum atomic E-state index is -4.41. The van der Waals surface area contributed by atoms with Crippen LogP contribution in [-0.4, -0.2) is 36.3 Å². The summed E-state index contributed by atoms with van der Waals surface area (Å²) in [5.41, 5.74) is 2.53. The van der Waals surface area contributed by atoms with Crippen molar-refractivity contribution in [1.29, 1.82) is 0 Å². The number of allylic oxidation sites excluding steroid dienone is 2. The first-order valence-corrected chi connectivity index (χ1v) is 11.1. The first-order chi connectivity index (χ1) is 16.5. The number of rotatable bonds is 5. The molecule has 1 aliphatic rings. The molecule has 4 aromatic rings. The Morgan fingerprint density at radius 3 is 2.60 bits per heavy atom. The summed E-state index contributed by atoms with van der Waals surface area (Å²) in [7, 11) is 0. The predicted octanol–water partition coefficient (Wildman–Crippen LogP) is 6.48. The van der Waals surface area contributed by atoms with Crippen LogP contribution in [0.2, 0.25) is 0 Å². The molecule has 0 saturated heterocycles. The Morgan fingerprint density at radius 1 is 1.14 bits per heavy atom. The summed E-state index contributed by atoms with van der Waals surface area (Å²) in [6.45, 7) is 2.30. The minimum absolute atomic E-state index is 0.0232. The van der Waals surface area contributed by atoms with E-state index in [4.69, 9.17) is 4.52 Å². The molecule has 0 N–H and O–H groups in total. The second-order valence-electron chi connectivity index (χ2n) is 9.01. The number of nitrogens with zero attached hydrogens (tertiary/aromatic N) is 5. The number of alkyl halides is 4. The van der Waals surface area contributed by atoms with Crippen LogP contribution in [0.5, 0.6) is 0 Å². The van der Waals surface area contributed by atoms with Crippen molar-refractivity contribution < 1.29 is 26.5 Å². The van der Waals surface area contributed by atoms with E-state index in [0.29, 0.717) is 33.6 Å². The molecular formula is C24H22F5N5O. The normalized spacial score (nSPS) is 18.9. The summed E-state index contributed by atoms with van der Waals surface area (Å²) in [5.74, 6) is 0.279. The summed E-state index contributed by atoms with van der Waals surface area (Å²) < 4.78 is 75.4. The molecule has 1 aliphatic carbocycles. The van der Waals surface area contributed by atoms with E-state index in [1.54, 1.807) is 30.8 Å². The van der Waals surface area contributed by atoms with E-state index >= 15 is 4.39 Å². The number of pyridine rings is 1. The fraction of sp³-hybridized carbons (Fsp3) is 0.375. The van der Waals surface area contributed by atoms with Crippen molar-refractivity contribution >= 4 is 11.0 Å². The van der Waals surface area contributed by atoms with E-state index in [1.807, 2.05) is 6.07 Å². The Bertz CT molecular complexity index is 1410. The highest BCUT2D eigenvalue weighted by Crippen LogP contribution is 2.38. The largest absolute Gasteiger partial charge is 0.408 e. The number of hydrogen-bond donors (Lipinski definition) is 0. The zero-order chi connectivity index (χ0) is 25.0. The lowest BCUT2D eigenvalue weighted by molar-refractivity contribution is -0.142. The number of aryl methyl sites for hydroxylation is 2. The predicted molar refractivity (Wildman–Crippen MR) is 119 cm³/mol. The van der Waals surface area contributed by atoms with Gasteiger partial charge in [0, 0.05) is 53.7 Å². The lowest BCUT2D eigenvalue weighted by atomic mass is 9.90. The van der Waals surface area contributed by atoms with Gasteiger partial charge in [-0.25, -0.2) is 8.78 Å². The maximum absolute atomic E-state index is 15.6. The third-order valence-electron chi connectivity index (χ3n) is 6.28. The second kappa shape index (κ2) is 8.31. The standard InChI is InChI=1S/C24H22F5N5O/c1-14-21(15(2)35-32-14)16-7-20-22(30-8-16)19(17-9-31-34(10-17)13-24(27,28)29)11-33(20)12-23(26)5-3-18(25)4-6-23/h3,7-11H,4-6,12-13H2,1-2H3. The van der Waals surface area contributed by atoms with Gasteiger partial charge in [-0.2, -0.15) is 18.3 Å². The van der Waals surface area contributed by atoms with Gasteiger partial charge in [-0.3, -0.25) is 9.67 Å². The molecular weight excluding hydrogens is 469 g/mol. The highest BCUT2D eigenvalue weighted by atomic mass is 19.4. The quantitative estimate of drug-likeness (QED) is 0.300. The Kier molecular flexibility index (Phi) is 5.52. The molecule has 11 heteroatoms. The molecule has 0 fully saturated rings. The van der Waals surface area contributed by atoms with Gasteiger partial charge < -0.3 is 9.09 Å². The van der Waals surface area contributed by atoms with E-state index in [-0.39, 0.29) is 31.6 Å². The molecule has 184 valence electrons. The van der Waals surface area contributed by atoms with Gasteiger partial charge in [0.25, 0.3) is 0 Å². The van der Waals surface area contributed by atoms with Crippen LogP contribution in [0.15, 0.2) is 47.3 Å². The average Bonchev–Trinajstić information content (AvgIpc) is 3.47. The fourth-order valence-electron chi connectivity index (χ4n) is 4.60. The van der Waals surface area contributed by atoms with Gasteiger partial charge in [0.15, 0.2) is 0 Å². The van der Waals surface area contributed by atoms with E-state index in [2.05, 4.69) is 15.2 Å². The zero-order valence-corrected chi connectivity index (χ0v) is 19.0. The molecule has 1 unspecified atom stereocenters. The maximum atomic E-state index is 15.6. The Hall–Kier alpha value is -3.50. The third kappa shape index (κ3) is 4.59. The highest BCUT2D eigenvalue weighted by molar-refractivity contribution is 5.94. The molecule has 4 aromatic heterocycles. The fourth-order valence-corrected chi connectivity index (χ4v) is 4.60. The van der Waals surface area contributed by atoms with Gasteiger partial charge in [-0.05, 0) is 32.4 Å². The van der Waals surface area contributed by atoms with E-state index in [0.717, 1.165) is 15.8 Å². The molecule has 35 heavy (non-hydrogen) atoms. The van der Waals surface area contributed by atoms with Crippen molar-refractivity contribution in [2.75, 3.05) is 0 Å². The molecule has 0 aromatic carbocycles. The lowest BCUT2D eigenvalue weighted by Crippen LogP contribution is -2.30. The molecule has 0 bridgehead atoms. The van der Waals surface area contributed by atoms with Crippen LogP contribution in [0, 0.1) is 13.8 Å². The highest BCUT2D eigenvalue weighted by Gasteiger charge is 2.34. The summed E-state index contributed by atoms with van der Waals surface area (Å²) in [6.07, 6.45) is 2.77. The molecule has 0 radical (unpaired) electrons. The topological polar surface area (TPSA) is 61.7 Å². The number of aromatic nitrogens is 5. The maximum Gasteiger partial charge on any atom is 0.408 e. The monoisotopic (exact) mass is 491 g/mol. The molecule has 5 rings (SSSR count). The van der Waals surface area contributed by atoms with Crippen molar-refractivity contribution in [3.05, 3.63) is 54.2 Å². The summed E-state index contributed by atoms with van der Waals surface area (Å²) in [6, 6.07) is 1.83. The van der Waals surface area contributed by atoms with Crippen molar-refractivity contribution in [1.82, 2.24) is 24.5 Å². The van der Waals surface area contributed by atoms with Crippen molar-refractivity contribution in [3.8, 4) is 22.3 Å². The van der Waals surface area contributed by atoms with Crippen LogP contribution in [0.4, 0.5) is 22.0 Å². The average molecular weight is 491 g/mol. The van der Waals surface area contributed by atoms with Gasteiger partial charge in [0.05, 0.1) is 35.3 Å². The number of hydrogen-bond acceptors (Lipinski definition) is 4. The third-order valence-corrected chi connectivity index (χ3v) is 6.28. The Balaban J connectivity index is 1.62. The zero-order valence-electron chi connectivity index (χ0n) is 19.0. The van der Waals surface area contributed by atoms with E-state index in [1.165, 1.54) is 18.5 Å². The van der Waals surface area contributed by atoms with Crippen LogP contribution >= 0.6 is 0 Å². The Morgan fingerprint density at radius 2 is 1.94 bits per heavy atom. The van der Waals surface area contributed by atoms with Gasteiger partial charge in [-0.1, -0.05) is 5.16 Å². The van der Waals surface area contributed by atoms with Gasteiger partial charge in [0.2, 0.25) is 0 Å². The Labute approximate surface area is 197 Å². The van der Waals surface area contributed by atoms with Crippen molar-refractivity contribution in [2.24, 2.45) is 0 Å². The summed E-state index contributed by atoms with van der Waals surface area (Å²) in [5, 5.41) is 7.81. The molecule has 4 heterocycles. The van der Waals surface area contributed by atoms with Crippen LogP contribution in [0.25, 0.3) is 33.3 Å². The van der Waals surface area contributed by atoms with Crippen molar-refractivity contribution in [2.45, 2.75) is 58.0 Å². The lowest BCUT2D eigenvalue weighted by Gasteiger charge is -2.27. The minimum Gasteiger partial charge on any atom is -0.361 e. The summed E-state index contributed by atoms with van der Waals surface area (Å²) in [4.78, 5) is 4.58. The van der Waals surface area contributed by atoms with Crippen molar-refractivity contribution in [3.63, 3.8) is 0 Å². The molecule has 0 amide bonds. The number of fused-ring (bicyclic) bond motifs is 1. The smallest absolute Gasteiger partial charge is 0.361 e.